The van der Waals surface area contributed by atoms with E-state index in [4.69, 9.17) is 4.98 Å². The predicted molar refractivity (Wildman–Crippen MR) is 73.6 cm³/mol. The van der Waals surface area contributed by atoms with Crippen LogP contribution in [0.1, 0.15) is 54.5 Å². The second kappa shape index (κ2) is 4.79. The zero-order valence-electron chi connectivity index (χ0n) is 11.6. The van der Waals surface area contributed by atoms with Crippen LogP contribution in [0.5, 0.6) is 0 Å². The third-order valence-electron chi connectivity index (χ3n) is 3.80. The van der Waals surface area contributed by atoms with Crippen molar-refractivity contribution in [1.82, 2.24) is 15.3 Å². The lowest BCUT2D eigenvalue weighted by molar-refractivity contribution is 0.0940. The number of hydrogen-bond donors (Lipinski definition) is 1. The standard InChI is InChI=1S/C14H20N4O/c1-9(2)12-16-11-10(5-6-15-14(11)19)13(17-12)18-7-3-4-8-18/h9H,3-8H2,1-2H3,(H,15,19). The molecule has 5 nitrogen and oxygen atoms in total. The molecule has 102 valence electrons. The van der Waals surface area contributed by atoms with Crippen molar-refractivity contribution < 1.29 is 4.79 Å². The molecule has 0 unspecified atom stereocenters. The lowest BCUT2D eigenvalue weighted by atomic mass is 10.0. The molecular weight excluding hydrogens is 240 g/mol. The average Bonchev–Trinajstić information content (AvgIpc) is 2.92. The average molecular weight is 260 g/mol. The molecule has 2 aliphatic rings. The van der Waals surface area contributed by atoms with Crippen molar-refractivity contribution in [3.05, 3.63) is 17.1 Å². The normalized spacial score (nSPS) is 18.7. The molecule has 1 aromatic heterocycles. The van der Waals surface area contributed by atoms with Gasteiger partial charge in [0.2, 0.25) is 0 Å². The summed E-state index contributed by atoms with van der Waals surface area (Å²) in [4.78, 5) is 23.5. The molecule has 3 heterocycles. The molecule has 1 fully saturated rings. The van der Waals surface area contributed by atoms with Crippen LogP contribution in [0.4, 0.5) is 5.82 Å². The minimum Gasteiger partial charge on any atom is -0.356 e. The molecule has 2 aliphatic heterocycles. The van der Waals surface area contributed by atoms with Gasteiger partial charge in [-0.05, 0) is 19.3 Å². The van der Waals surface area contributed by atoms with E-state index in [1.54, 1.807) is 0 Å². The van der Waals surface area contributed by atoms with Crippen molar-refractivity contribution in [1.29, 1.82) is 0 Å². The number of nitrogens with zero attached hydrogens (tertiary/aromatic N) is 3. The van der Waals surface area contributed by atoms with Gasteiger partial charge in [0.25, 0.3) is 5.91 Å². The molecule has 1 aromatic rings. The van der Waals surface area contributed by atoms with Crippen molar-refractivity contribution in [2.24, 2.45) is 0 Å². The molecule has 0 radical (unpaired) electrons. The summed E-state index contributed by atoms with van der Waals surface area (Å²) in [7, 11) is 0. The van der Waals surface area contributed by atoms with Crippen molar-refractivity contribution in [3.63, 3.8) is 0 Å². The number of nitrogens with one attached hydrogen (secondary N) is 1. The van der Waals surface area contributed by atoms with Crippen LogP contribution in [0, 0.1) is 0 Å². The first-order valence-electron chi connectivity index (χ1n) is 7.11. The van der Waals surface area contributed by atoms with E-state index < -0.39 is 0 Å². The highest BCUT2D eigenvalue weighted by molar-refractivity contribution is 5.96. The van der Waals surface area contributed by atoms with Crippen LogP contribution in [-0.4, -0.2) is 35.5 Å². The predicted octanol–water partition coefficient (Wildman–Crippen LogP) is 1.49. The monoisotopic (exact) mass is 260 g/mol. The molecule has 0 atom stereocenters. The first-order chi connectivity index (χ1) is 9.16. The van der Waals surface area contributed by atoms with Crippen molar-refractivity contribution >= 4 is 11.7 Å². The molecule has 3 rings (SSSR count). The molecule has 1 saturated heterocycles. The van der Waals surface area contributed by atoms with E-state index in [0.717, 1.165) is 36.7 Å². The highest BCUT2D eigenvalue weighted by Gasteiger charge is 2.27. The largest absolute Gasteiger partial charge is 0.356 e. The lowest BCUT2D eigenvalue weighted by Gasteiger charge is -2.25. The van der Waals surface area contributed by atoms with Gasteiger partial charge in [-0.2, -0.15) is 0 Å². The Hall–Kier alpha value is -1.65. The Morgan fingerprint density at radius 3 is 2.63 bits per heavy atom. The second-order valence-corrected chi connectivity index (χ2v) is 5.59. The van der Waals surface area contributed by atoms with Gasteiger partial charge < -0.3 is 10.2 Å². The summed E-state index contributed by atoms with van der Waals surface area (Å²) in [5.41, 5.74) is 1.63. The maximum atomic E-state index is 12.0. The van der Waals surface area contributed by atoms with Gasteiger partial charge in [0.15, 0.2) is 0 Å². The third-order valence-corrected chi connectivity index (χ3v) is 3.80. The lowest BCUT2D eigenvalue weighted by Crippen LogP contribution is -2.35. The van der Waals surface area contributed by atoms with Gasteiger partial charge in [0.1, 0.15) is 17.3 Å². The number of carbonyl (C=O) groups excluding carboxylic acids is 1. The van der Waals surface area contributed by atoms with Crippen LogP contribution < -0.4 is 10.2 Å². The maximum absolute atomic E-state index is 12.0. The molecule has 19 heavy (non-hydrogen) atoms. The van der Waals surface area contributed by atoms with Gasteiger partial charge in [0, 0.05) is 31.1 Å². The van der Waals surface area contributed by atoms with E-state index in [2.05, 4.69) is 29.0 Å². The van der Waals surface area contributed by atoms with Crippen LogP contribution >= 0.6 is 0 Å². The number of rotatable bonds is 2. The SMILES string of the molecule is CC(C)c1nc2c(c(N3CCCC3)n1)CCNC2=O. The quantitative estimate of drug-likeness (QED) is 0.875. The fraction of sp³-hybridized carbons (Fsp3) is 0.643. The number of carbonyl (C=O) groups is 1. The number of aromatic nitrogens is 2. The summed E-state index contributed by atoms with van der Waals surface area (Å²) < 4.78 is 0. The summed E-state index contributed by atoms with van der Waals surface area (Å²) >= 11 is 0. The molecule has 1 N–H and O–H groups in total. The van der Waals surface area contributed by atoms with E-state index >= 15 is 0 Å². The fourth-order valence-corrected chi connectivity index (χ4v) is 2.74. The molecule has 0 aromatic carbocycles. The highest BCUT2D eigenvalue weighted by Crippen LogP contribution is 2.28. The Balaban J connectivity index is 2.12. The molecule has 0 bridgehead atoms. The Morgan fingerprint density at radius 2 is 1.95 bits per heavy atom. The minimum atomic E-state index is -0.0500. The van der Waals surface area contributed by atoms with Gasteiger partial charge in [0.05, 0.1) is 0 Å². The zero-order chi connectivity index (χ0) is 13.4. The van der Waals surface area contributed by atoms with Crippen LogP contribution in [0.2, 0.25) is 0 Å². The zero-order valence-corrected chi connectivity index (χ0v) is 11.6. The number of hydrogen-bond acceptors (Lipinski definition) is 4. The number of anilines is 1. The third kappa shape index (κ3) is 2.17. The number of amides is 1. The van der Waals surface area contributed by atoms with E-state index in [-0.39, 0.29) is 11.8 Å². The van der Waals surface area contributed by atoms with Crippen molar-refractivity contribution in [2.75, 3.05) is 24.5 Å². The summed E-state index contributed by atoms with van der Waals surface area (Å²) in [6.45, 7) is 6.91. The van der Waals surface area contributed by atoms with Crippen molar-refractivity contribution in [2.45, 2.75) is 39.0 Å². The van der Waals surface area contributed by atoms with Crippen LogP contribution in [0.25, 0.3) is 0 Å². The molecule has 0 saturated carbocycles. The smallest absolute Gasteiger partial charge is 0.270 e. The summed E-state index contributed by atoms with van der Waals surface area (Å²) in [6.07, 6.45) is 3.26. The Labute approximate surface area is 113 Å². The van der Waals surface area contributed by atoms with E-state index in [9.17, 15) is 4.79 Å². The topological polar surface area (TPSA) is 58.1 Å². The Morgan fingerprint density at radius 1 is 1.21 bits per heavy atom. The first kappa shape index (κ1) is 12.4. The Bertz CT molecular complexity index is 506. The van der Waals surface area contributed by atoms with Crippen LogP contribution in [-0.2, 0) is 6.42 Å². The van der Waals surface area contributed by atoms with E-state index in [1.165, 1.54) is 12.8 Å². The molecule has 1 amide bonds. The van der Waals surface area contributed by atoms with Crippen LogP contribution in [0.15, 0.2) is 0 Å². The van der Waals surface area contributed by atoms with E-state index in [0.29, 0.717) is 12.2 Å². The van der Waals surface area contributed by atoms with Gasteiger partial charge in [-0.25, -0.2) is 9.97 Å². The molecule has 0 spiro atoms. The van der Waals surface area contributed by atoms with Gasteiger partial charge >= 0.3 is 0 Å². The molecule has 5 heteroatoms. The van der Waals surface area contributed by atoms with Gasteiger partial charge in [-0.1, -0.05) is 13.8 Å². The maximum Gasteiger partial charge on any atom is 0.270 e. The molecular formula is C14H20N4O. The summed E-state index contributed by atoms with van der Waals surface area (Å²) in [5, 5.41) is 2.87. The Kier molecular flexibility index (Phi) is 3.12. The summed E-state index contributed by atoms with van der Waals surface area (Å²) in [6, 6.07) is 0. The highest BCUT2D eigenvalue weighted by atomic mass is 16.1. The second-order valence-electron chi connectivity index (χ2n) is 5.59. The van der Waals surface area contributed by atoms with Crippen molar-refractivity contribution in [3.8, 4) is 0 Å². The van der Waals surface area contributed by atoms with Gasteiger partial charge in [-0.3, -0.25) is 4.79 Å². The summed E-state index contributed by atoms with van der Waals surface area (Å²) in [5.74, 6) is 1.96. The van der Waals surface area contributed by atoms with Crippen LogP contribution in [0.3, 0.4) is 0 Å². The van der Waals surface area contributed by atoms with E-state index in [1.807, 2.05) is 0 Å². The molecule has 0 aliphatic carbocycles. The van der Waals surface area contributed by atoms with Gasteiger partial charge in [-0.15, -0.1) is 0 Å². The fourth-order valence-electron chi connectivity index (χ4n) is 2.74. The minimum absolute atomic E-state index is 0.0500. The number of fused-ring (bicyclic) bond motifs is 1. The first-order valence-corrected chi connectivity index (χ1v) is 7.11.